The van der Waals surface area contributed by atoms with Crippen LogP contribution in [-0.2, 0) is 4.74 Å². The van der Waals surface area contributed by atoms with E-state index in [9.17, 15) is 0 Å². The van der Waals surface area contributed by atoms with Crippen LogP contribution in [0.2, 0.25) is 0 Å². The lowest BCUT2D eigenvalue weighted by atomic mass is 10.1. The number of alkyl halides is 1. The van der Waals surface area contributed by atoms with E-state index < -0.39 is 0 Å². The molecule has 2 heteroatoms. The minimum Gasteiger partial charge on any atom is -0.363 e. The number of hydrogen-bond acceptors (Lipinski definition) is 1. The summed E-state index contributed by atoms with van der Waals surface area (Å²) in [5.74, 6) is 0. The van der Waals surface area contributed by atoms with Gasteiger partial charge in [0.2, 0.25) is 0 Å². The molecule has 0 N–H and O–H groups in total. The molecule has 0 aliphatic rings. The Morgan fingerprint density at radius 3 is 2.50 bits per heavy atom. The van der Waals surface area contributed by atoms with E-state index in [1.807, 2.05) is 0 Å². The molecule has 0 heterocycles. The van der Waals surface area contributed by atoms with Gasteiger partial charge in [-0.3, -0.25) is 0 Å². The highest BCUT2D eigenvalue weighted by Crippen LogP contribution is 2.11. The maximum atomic E-state index is 5.61. The number of allylic oxidation sites excluding steroid dienone is 3. The minimum absolute atomic E-state index is 0.208. The second kappa shape index (κ2) is 10.1. The molecule has 0 aliphatic carbocycles. The van der Waals surface area contributed by atoms with Gasteiger partial charge in [0.25, 0.3) is 0 Å². The Balaban J connectivity index is 3.66. The van der Waals surface area contributed by atoms with Crippen LogP contribution in [0, 0.1) is 0 Å². The van der Waals surface area contributed by atoms with Crippen LogP contribution in [-0.4, -0.2) is 11.6 Å². The lowest BCUT2D eigenvalue weighted by Crippen LogP contribution is -2.03. The summed E-state index contributed by atoms with van der Waals surface area (Å²) in [7, 11) is 0. The number of halogens is 1. The van der Waals surface area contributed by atoms with Crippen molar-refractivity contribution in [2.75, 3.05) is 6.61 Å². The third-order valence-electron chi connectivity index (χ3n) is 2.32. The van der Waals surface area contributed by atoms with Crippen molar-refractivity contribution in [3.63, 3.8) is 0 Å². The van der Waals surface area contributed by atoms with Crippen LogP contribution in [0.25, 0.3) is 0 Å². The van der Waals surface area contributed by atoms with Gasteiger partial charge in [0.15, 0.2) is 0 Å². The van der Waals surface area contributed by atoms with Crippen LogP contribution in [0.4, 0.5) is 0 Å². The van der Waals surface area contributed by atoms with Gasteiger partial charge in [0.1, 0.15) is 5.01 Å². The van der Waals surface area contributed by atoms with Crippen molar-refractivity contribution in [2.45, 2.75) is 58.4 Å². The number of rotatable bonds is 8. The van der Waals surface area contributed by atoms with E-state index in [1.54, 1.807) is 0 Å². The summed E-state index contributed by atoms with van der Waals surface area (Å²) >= 11 is 3.50. The van der Waals surface area contributed by atoms with Gasteiger partial charge in [0.05, 0.1) is 6.61 Å². The standard InChI is InChI=1S/C14H25BrO/c1-5-7-14(15)16-11-10-13(4)9-6-8-12(2)3/h8,10,14H,5-7,9,11H2,1-4H3/b13-10+. The summed E-state index contributed by atoms with van der Waals surface area (Å²) in [5, 5.41) is 0.208. The fraction of sp³-hybridized carbons (Fsp3) is 0.714. The van der Waals surface area contributed by atoms with Crippen LogP contribution in [0.15, 0.2) is 23.3 Å². The molecule has 0 spiro atoms. The Hall–Kier alpha value is -0.0800. The molecule has 0 saturated carbocycles. The van der Waals surface area contributed by atoms with Crippen LogP contribution in [0.1, 0.15) is 53.4 Å². The van der Waals surface area contributed by atoms with Gasteiger partial charge < -0.3 is 4.74 Å². The Labute approximate surface area is 109 Å². The highest BCUT2D eigenvalue weighted by molar-refractivity contribution is 9.09. The molecule has 0 rings (SSSR count). The Kier molecular flexibility index (Phi) is 10.0. The zero-order valence-corrected chi connectivity index (χ0v) is 12.6. The Morgan fingerprint density at radius 1 is 1.25 bits per heavy atom. The molecule has 0 amide bonds. The Bertz CT molecular complexity index is 227. The molecule has 16 heavy (non-hydrogen) atoms. The third-order valence-corrected chi connectivity index (χ3v) is 3.04. The van der Waals surface area contributed by atoms with Gasteiger partial charge in [-0.1, -0.05) is 52.6 Å². The number of hydrogen-bond donors (Lipinski definition) is 0. The third kappa shape index (κ3) is 10.4. The molecule has 0 radical (unpaired) electrons. The molecule has 0 aromatic carbocycles. The lowest BCUT2D eigenvalue weighted by Gasteiger charge is -2.08. The summed E-state index contributed by atoms with van der Waals surface area (Å²) in [6.07, 6.45) is 8.96. The van der Waals surface area contributed by atoms with Crippen LogP contribution >= 0.6 is 15.9 Å². The first-order chi connectivity index (χ1) is 7.56. The van der Waals surface area contributed by atoms with E-state index in [4.69, 9.17) is 4.74 Å². The SMILES string of the molecule is CCCC(Br)OC/C=C(\C)CCC=C(C)C. The summed E-state index contributed by atoms with van der Waals surface area (Å²) in [5.41, 5.74) is 2.81. The lowest BCUT2D eigenvalue weighted by molar-refractivity contribution is 0.136. The minimum atomic E-state index is 0.208. The topological polar surface area (TPSA) is 9.23 Å². The first kappa shape index (κ1) is 15.9. The molecule has 0 fully saturated rings. The second-order valence-corrected chi connectivity index (χ2v) is 5.42. The van der Waals surface area contributed by atoms with E-state index >= 15 is 0 Å². The molecule has 1 nitrogen and oxygen atoms in total. The fourth-order valence-corrected chi connectivity index (χ4v) is 1.91. The first-order valence-corrected chi connectivity index (χ1v) is 7.02. The zero-order chi connectivity index (χ0) is 12.4. The van der Waals surface area contributed by atoms with Gasteiger partial charge in [-0.05, 0) is 40.0 Å². The largest absolute Gasteiger partial charge is 0.363 e. The maximum Gasteiger partial charge on any atom is 0.112 e. The number of ether oxygens (including phenoxy) is 1. The molecular weight excluding hydrogens is 264 g/mol. The average molecular weight is 289 g/mol. The maximum absolute atomic E-state index is 5.61. The normalized spacial score (nSPS) is 13.7. The molecule has 1 atom stereocenters. The highest BCUT2D eigenvalue weighted by Gasteiger charge is 2.00. The Morgan fingerprint density at radius 2 is 1.94 bits per heavy atom. The molecule has 0 bridgehead atoms. The van der Waals surface area contributed by atoms with Gasteiger partial charge >= 0.3 is 0 Å². The van der Waals surface area contributed by atoms with Gasteiger partial charge in [0, 0.05) is 0 Å². The van der Waals surface area contributed by atoms with Crippen molar-refractivity contribution < 1.29 is 4.74 Å². The van der Waals surface area contributed by atoms with E-state index in [-0.39, 0.29) is 5.01 Å². The molecule has 1 unspecified atom stereocenters. The zero-order valence-electron chi connectivity index (χ0n) is 11.1. The van der Waals surface area contributed by atoms with Gasteiger partial charge in [-0.2, -0.15) is 0 Å². The van der Waals surface area contributed by atoms with Crippen LogP contribution < -0.4 is 0 Å². The fourth-order valence-electron chi connectivity index (χ4n) is 1.30. The van der Waals surface area contributed by atoms with Crippen molar-refractivity contribution in [2.24, 2.45) is 0 Å². The van der Waals surface area contributed by atoms with E-state index in [0.29, 0.717) is 0 Å². The van der Waals surface area contributed by atoms with E-state index in [1.165, 1.54) is 11.1 Å². The van der Waals surface area contributed by atoms with Gasteiger partial charge in [-0.25, -0.2) is 0 Å². The summed E-state index contributed by atoms with van der Waals surface area (Å²) in [4.78, 5) is 0. The first-order valence-electron chi connectivity index (χ1n) is 6.11. The predicted molar refractivity (Wildman–Crippen MR) is 76.0 cm³/mol. The molecule has 0 aromatic rings. The van der Waals surface area contributed by atoms with Crippen LogP contribution in [0.3, 0.4) is 0 Å². The van der Waals surface area contributed by atoms with Crippen molar-refractivity contribution >= 4 is 15.9 Å². The summed E-state index contributed by atoms with van der Waals surface area (Å²) in [6, 6.07) is 0. The monoisotopic (exact) mass is 288 g/mol. The molecule has 0 aromatic heterocycles. The summed E-state index contributed by atoms with van der Waals surface area (Å²) in [6.45, 7) is 9.34. The van der Waals surface area contributed by atoms with Crippen molar-refractivity contribution in [1.29, 1.82) is 0 Å². The van der Waals surface area contributed by atoms with E-state index in [2.05, 4.69) is 55.8 Å². The molecule has 0 saturated heterocycles. The average Bonchev–Trinajstić information content (AvgIpc) is 2.17. The van der Waals surface area contributed by atoms with Crippen molar-refractivity contribution in [3.05, 3.63) is 23.3 Å². The van der Waals surface area contributed by atoms with Crippen molar-refractivity contribution in [3.8, 4) is 0 Å². The highest BCUT2D eigenvalue weighted by atomic mass is 79.9. The summed E-state index contributed by atoms with van der Waals surface area (Å²) < 4.78 is 5.61. The van der Waals surface area contributed by atoms with Crippen molar-refractivity contribution in [1.82, 2.24) is 0 Å². The van der Waals surface area contributed by atoms with Crippen LogP contribution in [0.5, 0.6) is 0 Å². The molecular formula is C14H25BrO. The molecule has 0 aliphatic heterocycles. The quantitative estimate of drug-likeness (QED) is 0.440. The smallest absolute Gasteiger partial charge is 0.112 e. The molecule has 94 valence electrons. The second-order valence-electron chi connectivity index (χ2n) is 4.40. The predicted octanol–water partition coefficient (Wildman–Crippen LogP) is 5.22. The van der Waals surface area contributed by atoms with Gasteiger partial charge in [-0.15, -0.1) is 0 Å². The van der Waals surface area contributed by atoms with E-state index in [0.717, 1.165) is 32.3 Å².